The second kappa shape index (κ2) is 9.09. The monoisotopic (exact) mass is 419 g/mol. The number of benzene rings is 3. The molecular weight excluding hydrogens is 398 g/mol. The van der Waals surface area contributed by atoms with Crippen molar-refractivity contribution in [2.75, 3.05) is 0 Å². The quantitative estimate of drug-likeness (QED) is 0.414. The fraction of sp³-hybridized carbons (Fsp3) is 0.208. The summed E-state index contributed by atoms with van der Waals surface area (Å²) >= 11 is 5.90. The summed E-state index contributed by atoms with van der Waals surface area (Å²) in [7, 11) is 0. The zero-order valence-electron chi connectivity index (χ0n) is 16.6. The molecule has 30 heavy (non-hydrogen) atoms. The number of rotatable bonds is 7. The molecule has 1 amide bonds. The first-order valence-electron chi connectivity index (χ1n) is 9.96. The van der Waals surface area contributed by atoms with E-state index in [1.54, 1.807) is 12.1 Å². The number of fused-ring (bicyclic) bond motifs is 1. The first-order valence-corrected chi connectivity index (χ1v) is 10.3. The molecule has 0 fully saturated rings. The van der Waals surface area contributed by atoms with Crippen molar-refractivity contribution in [3.05, 3.63) is 83.2 Å². The summed E-state index contributed by atoms with van der Waals surface area (Å²) in [6.07, 6.45) is 1.58. The molecule has 0 aliphatic carbocycles. The average molecular weight is 420 g/mol. The van der Waals surface area contributed by atoms with E-state index in [2.05, 4.69) is 39.7 Å². The van der Waals surface area contributed by atoms with Crippen LogP contribution in [0.3, 0.4) is 0 Å². The number of halogens is 1. The summed E-state index contributed by atoms with van der Waals surface area (Å²) in [6, 6.07) is 21.6. The van der Waals surface area contributed by atoms with E-state index in [9.17, 15) is 4.79 Å². The van der Waals surface area contributed by atoms with Crippen molar-refractivity contribution in [3.63, 3.8) is 0 Å². The second-order valence-electron chi connectivity index (χ2n) is 7.23. The van der Waals surface area contributed by atoms with Gasteiger partial charge in [-0.05, 0) is 53.9 Å². The maximum Gasteiger partial charge on any atom is 0.226 e. The maximum atomic E-state index is 12.4. The third-order valence-electron chi connectivity index (χ3n) is 5.03. The van der Waals surface area contributed by atoms with Crippen molar-refractivity contribution in [1.29, 1.82) is 0 Å². The highest BCUT2D eigenvalue weighted by Crippen LogP contribution is 2.24. The van der Waals surface area contributed by atoms with Gasteiger partial charge in [-0.15, -0.1) is 0 Å². The predicted octanol–water partition coefficient (Wildman–Crippen LogP) is 5.74. The first-order chi connectivity index (χ1) is 14.6. The van der Waals surface area contributed by atoms with Crippen LogP contribution in [0.2, 0.25) is 5.02 Å². The maximum absolute atomic E-state index is 12.4. The number of carbonyl (C=O) groups is 1. The number of amides is 1. The molecule has 1 N–H and O–H groups in total. The third-order valence-corrected chi connectivity index (χ3v) is 5.28. The highest BCUT2D eigenvalue weighted by atomic mass is 35.5. The van der Waals surface area contributed by atoms with Crippen LogP contribution in [0.5, 0.6) is 0 Å². The van der Waals surface area contributed by atoms with E-state index in [1.165, 1.54) is 5.39 Å². The average Bonchev–Trinajstić information content (AvgIpc) is 3.22. The van der Waals surface area contributed by atoms with Crippen LogP contribution >= 0.6 is 11.6 Å². The van der Waals surface area contributed by atoms with Gasteiger partial charge < -0.3 is 9.84 Å². The molecule has 0 aliphatic rings. The van der Waals surface area contributed by atoms with Crippen molar-refractivity contribution < 1.29 is 9.32 Å². The van der Waals surface area contributed by atoms with Gasteiger partial charge in [0.1, 0.15) is 0 Å². The van der Waals surface area contributed by atoms with Crippen molar-refractivity contribution in [3.8, 4) is 11.4 Å². The van der Waals surface area contributed by atoms with Crippen LogP contribution in [-0.2, 0) is 11.2 Å². The number of aromatic nitrogens is 2. The number of hydrogen-bond acceptors (Lipinski definition) is 4. The van der Waals surface area contributed by atoms with Gasteiger partial charge in [-0.3, -0.25) is 4.79 Å². The molecule has 0 bridgehead atoms. The molecule has 152 valence electrons. The van der Waals surface area contributed by atoms with E-state index in [-0.39, 0.29) is 11.9 Å². The van der Waals surface area contributed by atoms with Gasteiger partial charge in [-0.2, -0.15) is 4.98 Å². The van der Waals surface area contributed by atoms with Crippen molar-refractivity contribution in [2.45, 2.75) is 32.2 Å². The van der Waals surface area contributed by atoms with Crippen LogP contribution in [0.1, 0.15) is 37.3 Å². The lowest BCUT2D eigenvalue weighted by molar-refractivity contribution is -0.121. The molecule has 3 aromatic carbocycles. The summed E-state index contributed by atoms with van der Waals surface area (Å²) in [5.74, 6) is 1.05. The van der Waals surface area contributed by atoms with E-state index < -0.39 is 0 Å². The van der Waals surface area contributed by atoms with Crippen molar-refractivity contribution in [1.82, 2.24) is 15.5 Å². The van der Waals surface area contributed by atoms with Gasteiger partial charge in [0, 0.05) is 23.4 Å². The summed E-state index contributed by atoms with van der Waals surface area (Å²) in [5, 5.41) is 10.1. The summed E-state index contributed by atoms with van der Waals surface area (Å²) in [6.45, 7) is 2.01. The van der Waals surface area contributed by atoms with E-state index >= 15 is 0 Å². The number of nitrogens with zero attached hydrogens (tertiary/aromatic N) is 2. The van der Waals surface area contributed by atoms with E-state index in [4.69, 9.17) is 16.1 Å². The molecule has 6 heteroatoms. The zero-order chi connectivity index (χ0) is 20.9. The highest BCUT2D eigenvalue weighted by molar-refractivity contribution is 6.30. The number of aryl methyl sites for hydroxylation is 1. The third kappa shape index (κ3) is 4.69. The highest BCUT2D eigenvalue weighted by Gasteiger charge is 2.13. The van der Waals surface area contributed by atoms with Crippen LogP contribution in [0.25, 0.3) is 22.2 Å². The molecule has 1 unspecified atom stereocenters. The largest absolute Gasteiger partial charge is 0.350 e. The van der Waals surface area contributed by atoms with Gasteiger partial charge in [-0.25, -0.2) is 0 Å². The van der Waals surface area contributed by atoms with Gasteiger partial charge in [0.2, 0.25) is 17.6 Å². The lowest BCUT2D eigenvalue weighted by Crippen LogP contribution is -2.26. The van der Waals surface area contributed by atoms with Gasteiger partial charge >= 0.3 is 0 Å². The van der Waals surface area contributed by atoms with E-state index in [0.29, 0.717) is 36.0 Å². The summed E-state index contributed by atoms with van der Waals surface area (Å²) in [4.78, 5) is 16.8. The summed E-state index contributed by atoms with van der Waals surface area (Å²) in [5.41, 5.74) is 1.96. The van der Waals surface area contributed by atoms with Crippen molar-refractivity contribution in [2.24, 2.45) is 0 Å². The lowest BCUT2D eigenvalue weighted by atomic mass is 9.99. The molecule has 4 aromatic rings. The Hall–Kier alpha value is -3.18. The fourth-order valence-electron chi connectivity index (χ4n) is 3.49. The Balaban J connectivity index is 1.30. The Labute approximate surface area is 180 Å². The Morgan fingerprint density at radius 1 is 1.07 bits per heavy atom. The molecule has 4 rings (SSSR count). The normalized spacial score (nSPS) is 12.1. The van der Waals surface area contributed by atoms with Gasteiger partial charge in [0.25, 0.3) is 0 Å². The Bertz CT molecular complexity index is 1150. The molecule has 1 aromatic heterocycles. The van der Waals surface area contributed by atoms with Crippen molar-refractivity contribution >= 4 is 28.3 Å². The van der Waals surface area contributed by atoms with Gasteiger partial charge in [0.05, 0.1) is 6.04 Å². The predicted molar refractivity (Wildman–Crippen MR) is 118 cm³/mol. The second-order valence-corrected chi connectivity index (χ2v) is 7.67. The molecule has 5 nitrogen and oxygen atoms in total. The van der Waals surface area contributed by atoms with E-state index in [0.717, 1.165) is 16.5 Å². The molecule has 0 saturated carbocycles. The fourth-order valence-corrected chi connectivity index (χ4v) is 3.62. The molecule has 1 heterocycles. The Kier molecular flexibility index (Phi) is 6.10. The van der Waals surface area contributed by atoms with Crippen LogP contribution < -0.4 is 5.32 Å². The molecule has 0 saturated heterocycles. The standard InChI is InChI=1S/C24H22ClN3O2/c1-16(20-9-4-7-17-6-2-3-8-21(17)20)26-22(29)10-5-11-23-27-24(28-30-23)18-12-14-19(25)15-13-18/h2-4,6-9,12-16H,5,10-11H2,1H3,(H,26,29). The van der Waals surface area contributed by atoms with Gasteiger partial charge in [0.15, 0.2) is 0 Å². The molecule has 0 spiro atoms. The number of nitrogens with one attached hydrogen (secondary N) is 1. The van der Waals surface area contributed by atoms with Crippen LogP contribution in [0.15, 0.2) is 71.3 Å². The number of hydrogen-bond donors (Lipinski definition) is 1. The Morgan fingerprint density at radius 3 is 2.67 bits per heavy atom. The molecule has 0 radical (unpaired) electrons. The molecular formula is C24H22ClN3O2. The topological polar surface area (TPSA) is 68.0 Å². The smallest absolute Gasteiger partial charge is 0.226 e. The zero-order valence-corrected chi connectivity index (χ0v) is 17.4. The SMILES string of the molecule is CC(NC(=O)CCCc1nc(-c2ccc(Cl)cc2)no1)c1cccc2ccccc12. The lowest BCUT2D eigenvalue weighted by Gasteiger charge is -2.16. The molecule has 0 aliphatic heterocycles. The van der Waals surface area contributed by atoms with Crippen LogP contribution in [0.4, 0.5) is 0 Å². The Morgan fingerprint density at radius 2 is 1.83 bits per heavy atom. The minimum absolute atomic E-state index is 0.00729. The molecule has 1 atom stereocenters. The first kappa shape index (κ1) is 20.1. The van der Waals surface area contributed by atoms with Crippen LogP contribution in [-0.4, -0.2) is 16.0 Å². The van der Waals surface area contributed by atoms with Gasteiger partial charge in [-0.1, -0.05) is 59.2 Å². The van der Waals surface area contributed by atoms with E-state index in [1.807, 2.05) is 37.3 Å². The minimum atomic E-state index is -0.0662. The van der Waals surface area contributed by atoms with Crippen LogP contribution in [0, 0.1) is 0 Å². The summed E-state index contributed by atoms with van der Waals surface area (Å²) < 4.78 is 5.30. The minimum Gasteiger partial charge on any atom is -0.350 e. The number of carbonyl (C=O) groups excluding carboxylic acids is 1.